The number of aromatic nitrogens is 1. The number of aryl methyl sites for hydroxylation is 1. The fourth-order valence-electron chi connectivity index (χ4n) is 3.49. The molecule has 226 valence electrons. The van der Waals surface area contributed by atoms with Crippen molar-refractivity contribution < 1.29 is 42.6 Å². The van der Waals surface area contributed by atoms with E-state index in [0.717, 1.165) is 11.8 Å². The quantitative estimate of drug-likeness (QED) is 0.223. The molecule has 1 aliphatic rings. The van der Waals surface area contributed by atoms with Crippen LogP contribution < -0.4 is 10.6 Å². The Hall–Kier alpha value is -4.43. The van der Waals surface area contributed by atoms with Gasteiger partial charge < -0.3 is 20.8 Å². The molecule has 2 amide bonds. The van der Waals surface area contributed by atoms with Gasteiger partial charge in [-0.3, -0.25) is 14.6 Å². The Morgan fingerprint density at radius 2 is 1.77 bits per heavy atom. The highest BCUT2D eigenvalue weighted by atomic mass is 35.5. The summed E-state index contributed by atoms with van der Waals surface area (Å²) >= 11 is 7.46. The highest BCUT2D eigenvalue weighted by molar-refractivity contribution is 8.18. The molecule has 43 heavy (non-hydrogen) atoms. The highest BCUT2D eigenvalue weighted by Crippen LogP contribution is 2.33. The van der Waals surface area contributed by atoms with Gasteiger partial charge in [0, 0.05) is 17.0 Å². The first-order valence-electron chi connectivity index (χ1n) is 12.5. The number of alkyl halides is 3. The maximum atomic E-state index is 12.5. The molecule has 4 N–H and O–H groups in total. The van der Waals surface area contributed by atoms with Crippen LogP contribution in [0.4, 0.5) is 24.5 Å². The fourth-order valence-corrected chi connectivity index (χ4v) is 4.48. The van der Waals surface area contributed by atoms with Crippen LogP contribution in [0.5, 0.6) is 0 Å². The lowest BCUT2D eigenvalue weighted by Crippen LogP contribution is -2.21. The Morgan fingerprint density at radius 1 is 1.09 bits per heavy atom. The first-order chi connectivity index (χ1) is 20.1. The molecule has 1 aromatic heterocycles. The van der Waals surface area contributed by atoms with Crippen molar-refractivity contribution in [1.82, 2.24) is 4.98 Å². The van der Waals surface area contributed by atoms with Gasteiger partial charge in [-0.1, -0.05) is 38.4 Å². The van der Waals surface area contributed by atoms with Gasteiger partial charge in [-0.05, 0) is 66.2 Å². The van der Waals surface area contributed by atoms with Crippen LogP contribution >= 0.6 is 23.4 Å². The Balaban J connectivity index is 0.000000646. The second-order valence-electron chi connectivity index (χ2n) is 9.19. The van der Waals surface area contributed by atoms with Gasteiger partial charge in [-0.15, -0.1) is 0 Å². The Bertz CT molecular complexity index is 1670. The maximum absolute atomic E-state index is 12.5. The van der Waals surface area contributed by atoms with Crippen molar-refractivity contribution in [2.75, 3.05) is 10.6 Å². The normalized spacial score (nSPS) is 13.9. The van der Waals surface area contributed by atoms with Crippen molar-refractivity contribution in [1.29, 1.82) is 0 Å². The molecule has 0 unspecified atom stereocenters. The summed E-state index contributed by atoms with van der Waals surface area (Å²) in [6.07, 6.45) is -2.88. The van der Waals surface area contributed by atoms with E-state index in [0.29, 0.717) is 55.1 Å². The van der Waals surface area contributed by atoms with Crippen molar-refractivity contribution in [3.05, 3.63) is 69.2 Å². The number of hydrogen-bond acceptors (Lipinski definition) is 7. The number of amidine groups is 1. The van der Waals surface area contributed by atoms with E-state index in [1.807, 2.05) is 13.0 Å². The number of rotatable bonds is 6. The number of aromatic carboxylic acids is 1. The number of carbonyl (C=O) groups excluding carboxylic acids is 2. The molecular formula is C28H24ClF3N4O6S. The third-order valence-corrected chi connectivity index (χ3v) is 6.87. The Morgan fingerprint density at radius 3 is 2.35 bits per heavy atom. The van der Waals surface area contributed by atoms with Gasteiger partial charge in [-0.2, -0.15) is 18.2 Å². The zero-order valence-corrected chi connectivity index (χ0v) is 24.3. The van der Waals surface area contributed by atoms with Crippen molar-refractivity contribution in [2.45, 2.75) is 33.4 Å². The topological polar surface area (TPSA) is 158 Å². The van der Waals surface area contributed by atoms with Gasteiger partial charge >= 0.3 is 18.1 Å². The number of nitrogens with one attached hydrogen (secondary N) is 2. The van der Waals surface area contributed by atoms with Crippen LogP contribution in [0.15, 0.2) is 52.4 Å². The lowest BCUT2D eigenvalue weighted by molar-refractivity contribution is -0.192. The number of carbonyl (C=O) groups is 4. The molecule has 2 aromatic carbocycles. The van der Waals surface area contributed by atoms with Crippen molar-refractivity contribution in [3.63, 3.8) is 0 Å². The number of halogens is 4. The zero-order chi connectivity index (χ0) is 32.1. The number of anilines is 2. The van der Waals surface area contributed by atoms with Gasteiger partial charge in [0.1, 0.15) is 0 Å². The largest absolute Gasteiger partial charge is 0.490 e. The van der Waals surface area contributed by atoms with Gasteiger partial charge in [0.25, 0.3) is 5.91 Å². The average Bonchev–Trinajstić information content (AvgIpc) is 3.27. The predicted molar refractivity (Wildman–Crippen MR) is 158 cm³/mol. The van der Waals surface area contributed by atoms with E-state index in [4.69, 9.17) is 21.5 Å². The van der Waals surface area contributed by atoms with Gasteiger partial charge in [-0.25, -0.2) is 9.59 Å². The van der Waals surface area contributed by atoms with E-state index in [1.165, 1.54) is 0 Å². The summed E-state index contributed by atoms with van der Waals surface area (Å²) in [7, 11) is 0. The van der Waals surface area contributed by atoms with Crippen LogP contribution in [0.2, 0.25) is 5.02 Å². The summed E-state index contributed by atoms with van der Waals surface area (Å²) in [5, 5.41) is 23.9. The SMILES string of the molecule is CCc1nc2ccc(/C=C3\SC(Nc4cc(NC(=O)C(C)C)ccc4Cl)=NC3=O)cc2cc1C(=O)O.O=C(O)C(F)(F)F. The van der Waals surface area contributed by atoms with E-state index in [1.54, 1.807) is 56.3 Å². The van der Waals surface area contributed by atoms with E-state index in [-0.39, 0.29) is 17.4 Å². The van der Waals surface area contributed by atoms with Gasteiger partial charge in [0.2, 0.25) is 5.91 Å². The van der Waals surface area contributed by atoms with Crippen LogP contribution in [-0.4, -0.2) is 50.3 Å². The van der Waals surface area contributed by atoms with Crippen molar-refractivity contribution in [2.24, 2.45) is 10.9 Å². The van der Waals surface area contributed by atoms with E-state index in [9.17, 15) is 32.7 Å². The molecule has 0 saturated carbocycles. The number of amides is 2. The third-order valence-electron chi connectivity index (χ3n) is 5.64. The summed E-state index contributed by atoms with van der Waals surface area (Å²) in [4.78, 5) is 54.0. The molecule has 3 aromatic rings. The number of hydrogen-bond donors (Lipinski definition) is 4. The first kappa shape index (κ1) is 33.1. The summed E-state index contributed by atoms with van der Waals surface area (Å²) < 4.78 is 31.7. The minimum Gasteiger partial charge on any atom is -0.478 e. The average molecular weight is 637 g/mol. The van der Waals surface area contributed by atoms with E-state index < -0.39 is 24.0 Å². The van der Waals surface area contributed by atoms with E-state index in [2.05, 4.69) is 20.6 Å². The summed E-state index contributed by atoms with van der Waals surface area (Å²) in [6, 6.07) is 12.0. The molecule has 2 heterocycles. The lowest BCUT2D eigenvalue weighted by Gasteiger charge is -2.12. The number of carboxylic acids is 2. The molecule has 15 heteroatoms. The summed E-state index contributed by atoms with van der Waals surface area (Å²) in [5.74, 6) is -4.49. The predicted octanol–water partition coefficient (Wildman–Crippen LogP) is 6.46. The molecular weight excluding hydrogens is 613 g/mol. The molecule has 0 aliphatic carbocycles. The van der Waals surface area contributed by atoms with Crippen LogP contribution in [-0.2, 0) is 20.8 Å². The molecule has 4 rings (SSSR count). The number of nitrogens with zero attached hydrogens (tertiary/aromatic N) is 2. The molecule has 0 atom stereocenters. The fraction of sp³-hybridized carbons (Fsp3) is 0.214. The Labute approximate surface area is 252 Å². The van der Waals surface area contributed by atoms with Crippen LogP contribution in [0, 0.1) is 5.92 Å². The number of aliphatic carboxylic acids is 1. The third kappa shape index (κ3) is 8.78. The number of aliphatic imine (C=N–C) groups is 1. The minimum atomic E-state index is -5.08. The molecule has 0 fully saturated rings. The van der Waals surface area contributed by atoms with Crippen molar-refractivity contribution >= 4 is 80.6 Å². The van der Waals surface area contributed by atoms with Crippen molar-refractivity contribution in [3.8, 4) is 0 Å². The summed E-state index contributed by atoms with van der Waals surface area (Å²) in [5.41, 5.74) is 3.17. The van der Waals surface area contributed by atoms with Crippen LogP contribution in [0.1, 0.15) is 42.4 Å². The molecule has 0 bridgehead atoms. The Kier molecular flexibility index (Phi) is 10.5. The maximum Gasteiger partial charge on any atom is 0.490 e. The molecule has 1 aliphatic heterocycles. The van der Waals surface area contributed by atoms with Gasteiger partial charge in [0.15, 0.2) is 5.17 Å². The smallest absolute Gasteiger partial charge is 0.478 e. The molecule has 10 nitrogen and oxygen atoms in total. The van der Waals surface area contributed by atoms with E-state index >= 15 is 0 Å². The second kappa shape index (κ2) is 13.7. The van der Waals surface area contributed by atoms with Gasteiger partial charge in [0.05, 0.1) is 32.4 Å². The number of thioether (sulfide) groups is 1. The van der Waals surface area contributed by atoms with Crippen LogP contribution in [0.25, 0.3) is 17.0 Å². The van der Waals surface area contributed by atoms with Crippen LogP contribution in [0.3, 0.4) is 0 Å². The minimum absolute atomic E-state index is 0.122. The lowest BCUT2D eigenvalue weighted by atomic mass is 10.1. The highest BCUT2D eigenvalue weighted by Gasteiger charge is 2.38. The number of carboxylic acid groups (broad SMARTS) is 2. The number of fused-ring (bicyclic) bond motifs is 1. The summed E-state index contributed by atoms with van der Waals surface area (Å²) in [6.45, 7) is 5.46. The number of benzene rings is 2. The monoisotopic (exact) mass is 636 g/mol. The second-order valence-corrected chi connectivity index (χ2v) is 10.6. The number of pyridine rings is 1. The first-order valence-corrected chi connectivity index (χ1v) is 13.7. The zero-order valence-electron chi connectivity index (χ0n) is 22.7. The molecule has 0 spiro atoms. The molecule has 0 saturated heterocycles. The molecule has 0 radical (unpaired) electrons. The standard InChI is InChI=1S/C26H23ClN4O4S.C2HF3O2/c1-4-19-17(25(34)35)11-15-9-14(5-8-20(15)29-19)10-22-24(33)31-26(36-22)30-21-12-16(6-7-18(21)27)28-23(32)13(2)3;3-2(4,5)1(6)7/h5-13H,4H2,1-3H3,(H,28,32)(H,34,35)(H,30,31,33);(H,6,7)/b22-10-;.